The topological polar surface area (TPSA) is 448 Å². The van der Waals surface area contributed by atoms with E-state index in [0.717, 1.165) is 147 Å². The predicted octanol–water partition coefficient (Wildman–Crippen LogP) is -4.93. The van der Waals surface area contributed by atoms with E-state index in [-0.39, 0.29) is 259 Å². The van der Waals surface area contributed by atoms with Crippen molar-refractivity contribution in [2.75, 3.05) is 37.9 Å². The van der Waals surface area contributed by atoms with Gasteiger partial charge in [-0.1, -0.05) is 0 Å². The zero-order valence-electron chi connectivity index (χ0n) is 56.3. The number of nitrogens with two attached hydrogens (primary N) is 4. The van der Waals surface area contributed by atoms with Crippen molar-refractivity contribution in [1.29, 1.82) is 10.5 Å². The molecule has 0 aromatic heterocycles. The van der Waals surface area contributed by atoms with Gasteiger partial charge in [-0.2, -0.15) is 10.5 Å². The fourth-order valence-electron chi connectivity index (χ4n) is 22.0. The Hall–Kier alpha value is 0.589. The molecule has 19 fully saturated rings. The number of rotatable bonds is 9. The second-order valence-corrected chi connectivity index (χ2v) is 31.4. The summed E-state index contributed by atoms with van der Waals surface area (Å²) in [6, 6.07) is 3.40. The van der Waals surface area contributed by atoms with Crippen LogP contribution in [0.25, 0.3) is 0 Å². The molecule has 16 bridgehead atoms. The molecule has 0 radical (unpaired) electrons. The molecule has 0 aromatic carbocycles. The van der Waals surface area contributed by atoms with E-state index in [1.54, 1.807) is 9.80 Å². The van der Waals surface area contributed by atoms with E-state index in [9.17, 15) is 49.6 Å². The van der Waals surface area contributed by atoms with Crippen LogP contribution in [-0.4, -0.2) is 171 Å². The number of carbonyl (C=O) groups excluding carboxylic acids is 5. The molecule has 16 saturated carbocycles. The first-order valence-electron chi connectivity index (χ1n) is 32.6. The molecule has 3 saturated heterocycles. The van der Waals surface area contributed by atoms with Gasteiger partial charge in [0.05, 0.1) is 29.9 Å². The molecule has 4 amide bonds. The van der Waals surface area contributed by atoms with Crippen LogP contribution < -0.4 is 188 Å². The van der Waals surface area contributed by atoms with Gasteiger partial charge in [-0.15, -0.1) is 35.6 Å². The van der Waals surface area contributed by atoms with Crippen LogP contribution in [0.1, 0.15) is 194 Å². The van der Waals surface area contributed by atoms with Crippen molar-refractivity contribution in [2.24, 2.45) is 70.3 Å². The van der Waals surface area contributed by atoms with Gasteiger partial charge in [-0.05, 0) is 201 Å². The fraction of sp³-hybridized carbons (Fsp3) is 0.887. The van der Waals surface area contributed by atoms with Gasteiger partial charge in [0.1, 0.15) is 29.9 Å². The minimum absolute atomic E-state index is 0. The number of primary amides is 1. The Morgan fingerprint density at radius 3 is 1.20 bits per heavy atom. The van der Waals surface area contributed by atoms with Crippen molar-refractivity contribution in [3.63, 3.8) is 0 Å². The summed E-state index contributed by atoms with van der Waals surface area (Å²) in [5.41, 5.74) is 21.3. The van der Waals surface area contributed by atoms with Crippen molar-refractivity contribution in [3.8, 4) is 12.1 Å². The monoisotopic (exact) mass is 1460 g/mol. The van der Waals surface area contributed by atoms with Crippen LogP contribution >= 0.6 is 35.6 Å². The van der Waals surface area contributed by atoms with Gasteiger partial charge < -0.3 is 70.2 Å². The van der Waals surface area contributed by atoms with Crippen LogP contribution in [0, 0.1) is 90.2 Å². The molecule has 3 heterocycles. The quantitative estimate of drug-likeness (QED) is 0.0284. The van der Waals surface area contributed by atoms with Gasteiger partial charge >= 0.3 is 154 Å². The number of hydrogen-bond donors (Lipinski definition) is 7. The number of nitrogens with zero attached hydrogens (tertiary/aromatic N) is 7. The van der Waals surface area contributed by atoms with Gasteiger partial charge in [0.15, 0.2) is 0 Å². The average Bonchev–Trinajstić information content (AvgIpc) is 1.45. The standard InChI is InChI=1S/C17H25N3O2.2C10H16N2O2.C10H17NO.C7H11ClN2O2.C7H9ClN2O.CH2O3.ClH.3K.H2O.H/c18-9-14-2-1-3-20(14)15(21)10-19-16-5-12-4-13(6-16)8-17(22,7-12)11-16;2*11-9-2-7-1-8(3-9)5-10(4-7,6-9)12(13)14;11-9-2-7-1-8(3-9)5-10(12,4-7)6-9;8-4-6(11)10-3-1-2-5(10)7(9)12;8-4-7(11)10-3-1-2-6(10)5-9;2-1-4-3;;;;;;/h12-14,19,22H,1-8,10-11H2;2*7-8H,1-6,11H2;7-8,12H,1-6,11H2;5H,1-4H2,(H2,9,12);6H,1-4H2;1,3H;1H;;;;1H2;/q;;;;;;;;3*+1;;-1/p-2/t12?,13?,14-,16?,17?;;;;5-;6-;;;;;;;/m0...00......./s1. The number of hydrogen-bond acceptors (Lipinski definition) is 20. The normalized spacial score (nSPS) is 41.0. The van der Waals surface area contributed by atoms with Gasteiger partial charge in [0.25, 0.3) is 6.47 Å². The van der Waals surface area contributed by atoms with E-state index in [1.165, 1.54) is 43.4 Å². The van der Waals surface area contributed by atoms with E-state index in [4.69, 9.17) is 66.7 Å². The minimum Gasteiger partial charge on any atom is -1.00 e. The Kier molecular flexibility index (Phi) is 33.2. The Balaban J connectivity index is 0.000000295. The molecule has 0 spiro atoms. The molecule has 19 aliphatic rings. The average molecular weight is 1460 g/mol. The maximum absolute atomic E-state index is 12.4. The van der Waals surface area contributed by atoms with Crippen molar-refractivity contribution in [1.82, 2.24) is 20.0 Å². The molecule has 32 heteroatoms. The fourth-order valence-corrected chi connectivity index (χ4v) is 22.3. The molecule has 11 atom stereocenters. The summed E-state index contributed by atoms with van der Waals surface area (Å²) in [6.07, 6.45) is 28.6. The van der Waals surface area contributed by atoms with Crippen molar-refractivity contribution in [2.45, 2.75) is 255 Å². The molecule has 12 N–H and O–H groups in total. The van der Waals surface area contributed by atoms with E-state index in [1.807, 2.05) is 0 Å². The second kappa shape index (κ2) is 35.9. The number of aliphatic hydroxyl groups is 2. The number of nitro groups is 2. The number of alkyl halides is 2. The number of halogens is 3. The second-order valence-electron chi connectivity index (χ2n) is 30.8. The Morgan fingerprint density at radius 1 is 0.574 bits per heavy atom. The molecule has 16 aliphatic carbocycles. The van der Waals surface area contributed by atoms with Gasteiger partial charge in [-0.3, -0.25) is 44.2 Å². The molecule has 94 heavy (non-hydrogen) atoms. The van der Waals surface area contributed by atoms with Gasteiger partial charge in [-0.25, -0.2) is 0 Å². The Morgan fingerprint density at radius 2 is 0.894 bits per heavy atom. The zero-order chi connectivity index (χ0) is 64.5. The third-order valence-corrected chi connectivity index (χ3v) is 23.7. The molecular weight excluding hydrogens is 1360 g/mol. The Bertz CT molecular complexity index is 2630. The number of likely N-dealkylation sites (tertiary alicyclic amines) is 3. The first-order chi connectivity index (χ1) is 42.0. The van der Waals surface area contributed by atoms with E-state index in [2.05, 4.69) is 22.3 Å². The summed E-state index contributed by atoms with van der Waals surface area (Å²) in [7, 11) is 0. The van der Waals surface area contributed by atoms with Crippen LogP contribution in [-0.2, 0) is 28.9 Å². The van der Waals surface area contributed by atoms with Gasteiger partial charge in [0, 0.05) is 90.2 Å². The van der Waals surface area contributed by atoms with Crippen LogP contribution in [0.3, 0.4) is 0 Å². The maximum atomic E-state index is 12.4. The summed E-state index contributed by atoms with van der Waals surface area (Å²) in [5.74, 6) is 4.02. The molecule has 26 nitrogen and oxygen atoms in total. The smallest absolute Gasteiger partial charge is 1.00 e. The molecule has 3 aliphatic heterocycles. The van der Waals surface area contributed by atoms with E-state index < -0.39 is 28.6 Å². The number of carbonyl (C=O) groups is 5. The molecule has 8 unspecified atom stereocenters. The SMILES string of the molecule is Cl.N#C[C@@H]1CCCN1C(=O)CCl.N#C[C@@H]1CCCN1C(=O)CNC12CC3CC(CC(O)(C3)C1)C2.NC(=O)[C@@H]1CCCN1C(=O)CCl.NC12CC3CC(C1)CC(O)(C3)C2.NC12CC3CC(C1)CC([N+](=O)[O-])(C3)C2.NC12CC3CC(C1)CC([N+](=O)[O-])(C3)C2.O=CO[O-].[H-].[K+].[K+].[K+].[OH-]. The Labute approximate surface area is 697 Å². The minimum atomic E-state index is -0.640. The first kappa shape index (κ1) is 87.0. The van der Waals surface area contributed by atoms with Gasteiger partial charge in [0.2, 0.25) is 34.7 Å². The summed E-state index contributed by atoms with van der Waals surface area (Å²) in [6.45, 7) is 2.12. The molecular formula is C62H98Cl3K3N12O14. The predicted molar refractivity (Wildman–Crippen MR) is 333 cm³/mol. The number of nitrogens with one attached hydrogen (secondary N) is 1. The summed E-state index contributed by atoms with van der Waals surface area (Å²) in [4.78, 5) is 83.6. The van der Waals surface area contributed by atoms with Crippen LogP contribution in [0.2, 0.25) is 0 Å². The largest absolute Gasteiger partial charge is 1.00 e. The molecule has 19 rings (SSSR count). The van der Waals surface area contributed by atoms with E-state index >= 15 is 0 Å². The number of amides is 4. The summed E-state index contributed by atoms with van der Waals surface area (Å²) >= 11 is 10.7. The summed E-state index contributed by atoms with van der Waals surface area (Å²) < 4.78 is 0. The van der Waals surface area contributed by atoms with E-state index in [0.29, 0.717) is 80.9 Å². The van der Waals surface area contributed by atoms with Crippen LogP contribution in [0.5, 0.6) is 0 Å². The third kappa shape index (κ3) is 20.7. The number of nitriles is 2. The maximum Gasteiger partial charge on any atom is 1.00 e. The third-order valence-electron chi connectivity index (χ3n) is 23.3. The molecule has 514 valence electrons. The summed E-state index contributed by atoms with van der Waals surface area (Å²) in [5, 5.41) is 72.9. The van der Waals surface area contributed by atoms with Crippen LogP contribution in [0.15, 0.2) is 0 Å². The zero-order valence-corrected chi connectivity index (χ0v) is 67.0. The van der Waals surface area contributed by atoms with Crippen LogP contribution in [0.4, 0.5) is 0 Å². The molecule has 0 aromatic rings. The van der Waals surface area contributed by atoms with Crippen molar-refractivity contribution < 1.29 is 215 Å². The van der Waals surface area contributed by atoms with Crippen molar-refractivity contribution in [3.05, 3.63) is 20.2 Å². The van der Waals surface area contributed by atoms with Crippen molar-refractivity contribution >= 4 is 65.7 Å². The first-order valence-corrected chi connectivity index (χ1v) is 33.7.